The molecule has 0 atom stereocenters. The summed E-state index contributed by atoms with van der Waals surface area (Å²) < 4.78 is 0. The lowest BCUT2D eigenvalue weighted by molar-refractivity contribution is -0.120. The second-order valence-corrected chi connectivity index (χ2v) is 6.41. The number of anilines is 1. The monoisotopic (exact) mass is 392 g/mol. The van der Waals surface area contributed by atoms with Gasteiger partial charge in [0.25, 0.3) is 11.8 Å². The van der Waals surface area contributed by atoms with Crippen LogP contribution in [0.5, 0.6) is 0 Å². The molecular formula is C18H18Cl2N4O2. The first-order valence-electron chi connectivity index (χ1n) is 7.69. The van der Waals surface area contributed by atoms with Crippen LogP contribution in [0.4, 0.5) is 5.69 Å². The lowest BCUT2D eigenvalue weighted by Crippen LogP contribution is -2.34. The molecule has 2 amide bonds. The van der Waals surface area contributed by atoms with Crippen LogP contribution in [0.25, 0.3) is 0 Å². The fourth-order valence-corrected chi connectivity index (χ4v) is 2.27. The van der Waals surface area contributed by atoms with Gasteiger partial charge in [0.1, 0.15) is 0 Å². The molecular weight excluding hydrogens is 375 g/mol. The quantitative estimate of drug-likeness (QED) is 0.586. The van der Waals surface area contributed by atoms with E-state index in [4.69, 9.17) is 23.2 Å². The summed E-state index contributed by atoms with van der Waals surface area (Å²) in [5.41, 5.74) is 4.58. The number of carbonyl (C=O) groups is 2. The van der Waals surface area contributed by atoms with Crippen LogP contribution in [0, 0.1) is 0 Å². The van der Waals surface area contributed by atoms with Gasteiger partial charge in [0.2, 0.25) is 0 Å². The van der Waals surface area contributed by atoms with E-state index in [0.717, 1.165) is 11.3 Å². The van der Waals surface area contributed by atoms with E-state index in [2.05, 4.69) is 15.8 Å². The van der Waals surface area contributed by atoms with Gasteiger partial charge in [0.15, 0.2) is 0 Å². The van der Waals surface area contributed by atoms with E-state index >= 15 is 0 Å². The van der Waals surface area contributed by atoms with E-state index in [1.165, 1.54) is 24.4 Å². The molecule has 0 saturated heterocycles. The van der Waals surface area contributed by atoms with Gasteiger partial charge in [-0.15, -0.1) is 0 Å². The largest absolute Gasteiger partial charge is 0.378 e. The van der Waals surface area contributed by atoms with Crippen molar-refractivity contribution in [3.63, 3.8) is 0 Å². The van der Waals surface area contributed by atoms with Gasteiger partial charge >= 0.3 is 0 Å². The zero-order valence-electron chi connectivity index (χ0n) is 14.3. The number of hydrazone groups is 1. The van der Waals surface area contributed by atoms with Crippen molar-refractivity contribution in [2.24, 2.45) is 5.10 Å². The highest BCUT2D eigenvalue weighted by molar-refractivity contribution is 6.42. The number of amides is 2. The fourth-order valence-electron chi connectivity index (χ4n) is 1.98. The molecule has 0 spiro atoms. The van der Waals surface area contributed by atoms with Crippen LogP contribution >= 0.6 is 23.2 Å². The van der Waals surface area contributed by atoms with Crippen LogP contribution in [0.3, 0.4) is 0 Å². The van der Waals surface area contributed by atoms with Crippen molar-refractivity contribution < 1.29 is 9.59 Å². The summed E-state index contributed by atoms with van der Waals surface area (Å²) in [5.74, 6) is -0.874. The predicted octanol–water partition coefficient (Wildman–Crippen LogP) is 2.94. The maximum absolute atomic E-state index is 12.0. The summed E-state index contributed by atoms with van der Waals surface area (Å²) in [6.07, 6.45) is 1.53. The van der Waals surface area contributed by atoms with Crippen molar-refractivity contribution in [3.8, 4) is 0 Å². The van der Waals surface area contributed by atoms with E-state index in [9.17, 15) is 9.59 Å². The molecule has 0 aromatic heterocycles. The molecule has 0 radical (unpaired) electrons. The van der Waals surface area contributed by atoms with Gasteiger partial charge in [0, 0.05) is 25.3 Å². The molecule has 136 valence electrons. The zero-order valence-corrected chi connectivity index (χ0v) is 15.8. The number of hydrogen-bond acceptors (Lipinski definition) is 4. The van der Waals surface area contributed by atoms with Gasteiger partial charge < -0.3 is 10.2 Å². The van der Waals surface area contributed by atoms with E-state index in [1.54, 1.807) is 0 Å². The average molecular weight is 393 g/mol. The molecule has 0 fully saturated rings. The average Bonchev–Trinajstić information content (AvgIpc) is 2.62. The highest BCUT2D eigenvalue weighted by Gasteiger charge is 2.09. The highest BCUT2D eigenvalue weighted by Crippen LogP contribution is 2.22. The summed E-state index contributed by atoms with van der Waals surface area (Å²) in [6, 6.07) is 12.1. The summed E-state index contributed by atoms with van der Waals surface area (Å²) in [7, 11) is 3.91. The summed E-state index contributed by atoms with van der Waals surface area (Å²) >= 11 is 11.7. The van der Waals surface area contributed by atoms with Gasteiger partial charge in [-0.25, -0.2) is 5.43 Å². The highest BCUT2D eigenvalue weighted by atomic mass is 35.5. The van der Waals surface area contributed by atoms with Crippen molar-refractivity contribution in [2.75, 3.05) is 25.5 Å². The number of rotatable bonds is 6. The lowest BCUT2D eigenvalue weighted by atomic mass is 10.2. The van der Waals surface area contributed by atoms with Crippen LogP contribution in [0.2, 0.25) is 10.0 Å². The Morgan fingerprint density at radius 1 is 1.08 bits per heavy atom. The molecule has 0 aliphatic rings. The van der Waals surface area contributed by atoms with Gasteiger partial charge in [0.05, 0.1) is 22.8 Å². The van der Waals surface area contributed by atoms with Crippen molar-refractivity contribution in [1.29, 1.82) is 0 Å². The Bertz CT molecular complexity index is 820. The number of carbonyl (C=O) groups excluding carboxylic acids is 2. The number of halogens is 2. The van der Waals surface area contributed by atoms with E-state index in [0.29, 0.717) is 10.6 Å². The third kappa shape index (κ3) is 5.75. The van der Waals surface area contributed by atoms with Crippen molar-refractivity contribution >= 4 is 46.9 Å². The minimum Gasteiger partial charge on any atom is -0.378 e. The normalized spacial score (nSPS) is 10.6. The molecule has 0 aliphatic carbocycles. The minimum absolute atomic E-state index is 0.212. The summed E-state index contributed by atoms with van der Waals surface area (Å²) in [6.45, 7) is -0.212. The Hall–Kier alpha value is -2.57. The molecule has 0 saturated carbocycles. The molecule has 2 aromatic carbocycles. The first-order valence-corrected chi connectivity index (χ1v) is 8.45. The standard InChI is InChI=1S/C18H18Cl2N4O2/c1-24(2)14-6-3-12(4-7-14)10-22-23-17(25)11-21-18(26)13-5-8-15(19)16(20)9-13/h3-10H,11H2,1-2H3,(H,21,26)(H,23,25)/b22-10-. The van der Waals surface area contributed by atoms with Crippen LogP contribution in [-0.4, -0.2) is 38.7 Å². The molecule has 0 bridgehead atoms. The fraction of sp³-hybridized carbons (Fsp3) is 0.167. The maximum Gasteiger partial charge on any atom is 0.259 e. The minimum atomic E-state index is -0.445. The van der Waals surface area contributed by atoms with Crippen LogP contribution < -0.4 is 15.6 Å². The lowest BCUT2D eigenvalue weighted by Gasteiger charge is -2.11. The number of nitrogens with zero attached hydrogens (tertiary/aromatic N) is 2. The molecule has 2 rings (SSSR count). The van der Waals surface area contributed by atoms with Crippen molar-refractivity contribution in [1.82, 2.24) is 10.7 Å². The first kappa shape index (κ1) is 19.8. The van der Waals surface area contributed by atoms with Gasteiger partial charge in [-0.1, -0.05) is 35.3 Å². The molecule has 26 heavy (non-hydrogen) atoms. The summed E-state index contributed by atoms with van der Waals surface area (Å²) in [5, 5.41) is 6.97. The Morgan fingerprint density at radius 2 is 1.77 bits per heavy atom. The summed E-state index contributed by atoms with van der Waals surface area (Å²) in [4.78, 5) is 25.7. The van der Waals surface area contributed by atoms with Gasteiger partial charge in [-0.3, -0.25) is 9.59 Å². The Kier molecular flexibility index (Phi) is 7.00. The van der Waals surface area contributed by atoms with Crippen LogP contribution in [-0.2, 0) is 4.79 Å². The Morgan fingerprint density at radius 3 is 2.38 bits per heavy atom. The molecule has 2 aromatic rings. The Labute approximate surface area is 161 Å². The van der Waals surface area contributed by atoms with Gasteiger partial charge in [-0.2, -0.15) is 5.10 Å². The second kappa shape index (κ2) is 9.22. The van der Waals surface area contributed by atoms with Crippen LogP contribution in [0.15, 0.2) is 47.6 Å². The maximum atomic E-state index is 12.0. The second-order valence-electron chi connectivity index (χ2n) is 5.59. The molecule has 6 nitrogen and oxygen atoms in total. The molecule has 8 heteroatoms. The van der Waals surface area contributed by atoms with Crippen molar-refractivity contribution in [3.05, 3.63) is 63.6 Å². The first-order chi connectivity index (χ1) is 12.4. The topological polar surface area (TPSA) is 73.8 Å². The molecule has 0 aliphatic heterocycles. The van der Waals surface area contributed by atoms with E-state index in [-0.39, 0.29) is 11.6 Å². The van der Waals surface area contributed by atoms with E-state index in [1.807, 2.05) is 43.3 Å². The third-order valence-electron chi connectivity index (χ3n) is 3.40. The van der Waals surface area contributed by atoms with Gasteiger partial charge in [-0.05, 0) is 35.9 Å². The molecule has 2 N–H and O–H groups in total. The third-order valence-corrected chi connectivity index (χ3v) is 4.14. The number of benzene rings is 2. The van der Waals surface area contributed by atoms with E-state index < -0.39 is 11.8 Å². The number of nitrogens with one attached hydrogen (secondary N) is 2. The molecule has 0 heterocycles. The number of hydrogen-bond donors (Lipinski definition) is 2. The Balaban J connectivity index is 1.81. The van der Waals surface area contributed by atoms with Crippen molar-refractivity contribution in [2.45, 2.75) is 0 Å². The molecule has 0 unspecified atom stereocenters. The predicted molar refractivity (Wildman–Crippen MR) is 105 cm³/mol. The zero-order chi connectivity index (χ0) is 19.1. The smallest absolute Gasteiger partial charge is 0.259 e. The van der Waals surface area contributed by atoms with Crippen LogP contribution in [0.1, 0.15) is 15.9 Å². The SMILES string of the molecule is CN(C)c1ccc(/C=N\NC(=O)CNC(=O)c2ccc(Cl)c(Cl)c2)cc1.